The average Bonchev–Trinajstić information content (AvgIpc) is 3.60. The van der Waals surface area contributed by atoms with Crippen LogP contribution in [0.4, 0.5) is 13.6 Å². The fourth-order valence-electron chi connectivity index (χ4n) is 5.97. The van der Waals surface area contributed by atoms with Gasteiger partial charge in [-0.15, -0.1) is 0 Å². The van der Waals surface area contributed by atoms with Gasteiger partial charge in [-0.25, -0.2) is 18.4 Å². The van der Waals surface area contributed by atoms with Crippen LogP contribution in [-0.4, -0.2) is 51.8 Å². The molecule has 0 aliphatic carbocycles. The molecule has 0 N–H and O–H groups in total. The number of hydrogen-bond donors (Lipinski definition) is 0. The maximum atomic E-state index is 15.7. The molecule has 4 heterocycles. The largest absolute Gasteiger partial charge is 0.444 e. The van der Waals surface area contributed by atoms with Crippen LogP contribution in [0.1, 0.15) is 57.0 Å². The molecule has 3 aromatic heterocycles. The number of ether oxygens (including phenoxy) is 1. The second-order valence-corrected chi connectivity index (χ2v) is 12.4. The molecule has 44 heavy (non-hydrogen) atoms. The monoisotopic (exact) mass is 603 g/mol. The van der Waals surface area contributed by atoms with Crippen LogP contribution in [0.5, 0.6) is 0 Å². The third-order valence-corrected chi connectivity index (χ3v) is 8.06. The van der Waals surface area contributed by atoms with E-state index in [1.165, 1.54) is 21.5 Å². The maximum absolute atomic E-state index is 15.7. The Balaban J connectivity index is 1.57. The fourth-order valence-corrected chi connectivity index (χ4v) is 5.97. The Bertz CT molecular complexity index is 1970. The molecule has 0 fully saturated rings. The van der Waals surface area contributed by atoms with E-state index in [9.17, 15) is 14.0 Å². The molecule has 1 unspecified atom stereocenters. The molecule has 12 heteroatoms. The first kappa shape index (κ1) is 29.3. The summed E-state index contributed by atoms with van der Waals surface area (Å²) in [6.07, 6.45) is 4.63. The Hall–Kier alpha value is -4.74. The number of rotatable bonds is 3. The minimum absolute atomic E-state index is 0.0750. The van der Waals surface area contributed by atoms with Gasteiger partial charge in [-0.05, 0) is 83.4 Å². The molecule has 0 spiro atoms. The van der Waals surface area contributed by atoms with Crippen molar-refractivity contribution in [3.05, 3.63) is 81.8 Å². The number of imidazole rings is 1. The molecule has 2 aromatic carbocycles. The summed E-state index contributed by atoms with van der Waals surface area (Å²) in [5.41, 5.74) is 2.45. The summed E-state index contributed by atoms with van der Waals surface area (Å²) in [4.78, 5) is 29.1. The Morgan fingerprint density at radius 3 is 2.39 bits per heavy atom. The Morgan fingerprint density at radius 2 is 1.70 bits per heavy atom. The summed E-state index contributed by atoms with van der Waals surface area (Å²) in [6.45, 7) is 11.6. The van der Waals surface area contributed by atoms with Crippen molar-refractivity contribution in [3.63, 3.8) is 0 Å². The van der Waals surface area contributed by atoms with E-state index in [-0.39, 0.29) is 11.5 Å². The smallest absolute Gasteiger partial charge is 0.410 e. The second-order valence-electron chi connectivity index (χ2n) is 12.4. The van der Waals surface area contributed by atoms with Gasteiger partial charge in [0, 0.05) is 38.1 Å². The van der Waals surface area contributed by atoms with Crippen molar-refractivity contribution in [1.82, 2.24) is 33.6 Å². The van der Waals surface area contributed by atoms with Crippen molar-refractivity contribution >= 4 is 17.0 Å². The van der Waals surface area contributed by atoms with Gasteiger partial charge < -0.3 is 4.74 Å². The molecule has 1 amide bonds. The Morgan fingerprint density at radius 1 is 1.02 bits per heavy atom. The number of aromatic nitrogens is 6. The third kappa shape index (κ3) is 4.78. The molecule has 230 valence electrons. The van der Waals surface area contributed by atoms with Gasteiger partial charge in [0.25, 0.3) is 0 Å². The minimum atomic E-state index is -0.700. The lowest BCUT2D eigenvalue weighted by atomic mass is 10.0. The maximum Gasteiger partial charge on any atom is 0.410 e. The van der Waals surface area contributed by atoms with E-state index < -0.39 is 29.2 Å². The van der Waals surface area contributed by atoms with Gasteiger partial charge in [-0.3, -0.25) is 23.4 Å². The van der Waals surface area contributed by atoms with Crippen LogP contribution in [0.15, 0.2) is 47.7 Å². The SMILES string of the molecule is Cc1cc(-c2nn3c(c2-n2ccn(-c4ccc5c(cnn5C)c4F)c2=O)C(C)N(C(=O)OC(C)(C)C)CCC3)cc(C)c1F. The average molecular weight is 604 g/mol. The van der Waals surface area contributed by atoms with Crippen molar-refractivity contribution < 1.29 is 18.3 Å². The van der Waals surface area contributed by atoms with Crippen LogP contribution >= 0.6 is 0 Å². The molecule has 0 saturated carbocycles. The Labute approximate surface area is 253 Å². The summed E-state index contributed by atoms with van der Waals surface area (Å²) >= 11 is 0. The Kier molecular flexibility index (Phi) is 6.97. The van der Waals surface area contributed by atoms with Crippen LogP contribution in [0, 0.1) is 25.5 Å². The van der Waals surface area contributed by atoms with Crippen molar-refractivity contribution in [3.8, 4) is 22.6 Å². The summed E-state index contributed by atoms with van der Waals surface area (Å²) in [5, 5.41) is 9.37. The number of carbonyl (C=O) groups is 1. The summed E-state index contributed by atoms with van der Waals surface area (Å²) < 4.78 is 42.2. The lowest BCUT2D eigenvalue weighted by Crippen LogP contribution is -2.39. The van der Waals surface area contributed by atoms with E-state index in [4.69, 9.17) is 9.84 Å². The molecule has 0 bridgehead atoms. The number of carbonyl (C=O) groups excluding carboxylic acids is 1. The fraction of sp³-hybridized carbons (Fsp3) is 0.375. The lowest BCUT2D eigenvalue weighted by Gasteiger charge is -2.30. The van der Waals surface area contributed by atoms with E-state index in [0.29, 0.717) is 64.2 Å². The number of halogens is 2. The van der Waals surface area contributed by atoms with E-state index in [0.717, 1.165) is 0 Å². The molecule has 5 aromatic rings. The highest BCUT2D eigenvalue weighted by atomic mass is 19.1. The number of aryl methyl sites for hydroxylation is 4. The highest BCUT2D eigenvalue weighted by Gasteiger charge is 2.35. The van der Waals surface area contributed by atoms with Crippen LogP contribution in [0.2, 0.25) is 0 Å². The van der Waals surface area contributed by atoms with E-state index in [2.05, 4.69) is 5.10 Å². The van der Waals surface area contributed by atoms with Crippen molar-refractivity contribution in [1.29, 1.82) is 0 Å². The number of fused-ring (bicyclic) bond motifs is 2. The van der Waals surface area contributed by atoms with Crippen LogP contribution in [0.3, 0.4) is 0 Å². The molecule has 10 nitrogen and oxygen atoms in total. The highest BCUT2D eigenvalue weighted by molar-refractivity contribution is 5.82. The summed E-state index contributed by atoms with van der Waals surface area (Å²) in [6, 6.07) is 6.12. The lowest BCUT2D eigenvalue weighted by molar-refractivity contribution is 0.0177. The van der Waals surface area contributed by atoms with Gasteiger partial charge in [0.1, 0.15) is 22.8 Å². The van der Waals surface area contributed by atoms with Crippen LogP contribution in [-0.2, 0) is 18.3 Å². The van der Waals surface area contributed by atoms with Crippen molar-refractivity contribution in [2.75, 3.05) is 6.54 Å². The predicted octanol–water partition coefficient (Wildman–Crippen LogP) is 5.98. The molecule has 1 atom stereocenters. The molecular formula is C32H35F2N7O3. The van der Waals surface area contributed by atoms with E-state index in [1.54, 1.807) is 65.6 Å². The van der Waals surface area contributed by atoms with Crippen molar-refractivity contribution in [2.45, 2.75) is 66.2 Å². The van der Waals surface area contributed by atoms with Gasteiger partial charge in [0.15, 0.2) is 5.82 Å². The van der Waals surface area contributed by atoms with E-state index in [1.807, 2.05) is 27.7 Å². The third-order valence-electron chi connectivity index (χ3n) is 8.06. The number of benzene rings is 2. The van der Waals surface area contributed by atoms with Gasteiger partial charge in [0.05, 0.1) is 34.5 Å². The van der Waals surface area contributed by atoms with E-state index >= 15 is 4.39 Å². The molecule has 0 radical (unpaired) electrons. The molecule has 1 aliphatic heterocycles. The predicted molar refractivity (Wildman–Crippen MR) is 162 cm³/mol. The van der Waals surface area contributed by atoms with Gasteiger partial charge >= 0.3 is 11.8 Å². The number of nitrogens with zero attached hydrogens (tertiary/aromatic N) is 7. The second kappa shape index (κ2) is 10.5. The molecular weight excluding hydrogens is 568 g/mol. The molecule has 0 saturated heterocycles. The summed E-state index contributed by atoms with van der Waals surface area (Å²) in [5.74, 6) is -0.885. The first-order valence-electron chi connectivity index (χ1n) is 14.5. The highest BCUT2D eigenvalue weighted by Crippen LogP contribution is 2.37. The standard InChI is InChI=1S/C32H35F2N7O3/c1-18-15-21(16-19(2)25(18)33)27-29(28-20(3)38(11-8-12-41(28)36-27)31(43)44-32(4,5)6)40-14-13-39(30(40)42)24-10-9-23-22(26(24)34)17-35-37(23)7/h9-10,13-17,20H,8,11-12H2,1-7H3. The molecule has 1 aliphatic rings. The van der Waals surface area contributed by atoms with Crippen LogP contribution in [0.25, 0.3) is 33.5 Å². The normalized spacial score (nSPS) is 15.5. The molecule has 6 rings (SSSR count). The zero-order valence-corrected chi connectivity index (χ0v) is 25.9. The van der Waals surface area contributed by atoms with Crippen molar-refractivity contribution in [2.24, 2.45) is 7.05 Å². The minimum Gasteiger partial charge on any atom is -0.444 e. The van der Waals surface area contributed by atoms with Gasteiger partial charge in [-0.2, -0.15) is 10.2 Å². The summed E-state index contributed by atoms with van der Waals surface area (Å²) in [7, 11) is 1.72. The quantitative estimate of drug-likeness (QED) is 0.253. The van der Waals surface area contributed by atoms with Crippen LogP contribution < -0.4 is 5.69 Å². The number of hydrogen-bond acceptors (Lipinski definition) is 5. The van der Waals surface area contributed by atoms with Gasteiger partial charge in [-0.1, -0.05) is 0 Å². The topological polar surface area (TPSA) is 92.1 Å². The zero-order chi connectivity index (χ0) is 31.7. The number of amides is 1. The first-order valence-corrected chi connectivity index (χ1v) is 14.5. The first-order chi connectivity index (χ1) is 20.8. The van der Waals surface area contributed by atoms with Gasteiger partial charge in [0.2, 0.25) is 0 Å². The zero-order valence-electron chi connectivity index (χ0n) is 25.9.